The smallest absolute Gasteiger partial charge is 0.397 e. The molecule has 128 valence electrons. The Morgan fingerprint density at radius 3 is 2.36 bits per heavy atom. The number of aliphatic imine (C=N–C) groups is 1. The van der Waals surface area contributed by atoms with Crippen LogP contribution in [-0.4, -0.2) is 25.2 Å². The molecule has 0 N–H and O–H groups in total. The fourth-order valence-electron chi connectivity index (χ4n) is 2.68. The third-order valence-corrected chi connectivity index (χ3v) is 4.16. The van der Waals surface area contributed by atoms with Crippen LogP contribution < -0.4 is 0 Å². The quantitative estimate of drug-likeness (QED) is 0.501. The molecule has 5 heteroatoms. The Hall–Kier alpha value is -1.00. The van der Waals surface area contributed by atoms with Crippen molar-refractivity contribution in [2.24, 2.45) is 10.4 Å². The molecule has 0 amide bonds. The van der Waals surface area contributed by atoms with E-state index in [1.807, 2.05) is 0 Å². The lowest BCUT2D eigenvalue weighted by Gasteiger charge is -2.30. The third-order valence-electron chi connectivity index (χ3n) is 4.16. The molecule has 1 heterocycles. The van der Waals surface area contributed by atoms with E-state index in [9.17, 15) is 13.2 Å². The van der Waals surface area contributed by atoms with Crippen molar-refractivity contribution in [3.63, 3.8) is 0 Å². The van der Waals surface area contributed by atoms with Crippen LogP contribution in [0.5, 0.6) is 0 Å². The highest BCUT2D eigenvalue weighted by atomic mass is 19.4. The summed E-state index contributed by atoms with van der Waals surface area (Å²) in [4.78, 5) is 4.09. The van der Waals surface area contributed by atoms with Gasteiger partial charge in [0.05, 0.1) is 12.0 Å². The molecule has 0 aromatic heterocycles. The van der Waals surface area contributed by atoms with Crippen molar-refractivity contribution in [1.82, 2.24) is 0 Å². The Kier molecular flexibility index (Phi) is 7.43. The van der Waals surface area contributed by atoms with Gasteiger partial charge in [-0.05, 0) is 20.3 Å². The molecule has 0 aromatic rings. The van der Waals surface area contributed by atoms with Gasteiger partial charge in [-0.15, -0.1) is 0 Å². The van der Waals surface area contributed by atoms with Gasteiger partial charge in [-0.2, -0.15) is 13.2 Å². The molecular weight excluding hydrogens is 291 g/mol. The SMILES string of the molecule is CCCCCCCCC(C)(C=C(C)C1=NCCO1)C(F)(F)F. The van der Waals surface area contributed by atoms with Crippen LogP contribution in [0.4, 0.5) is 13.2 Å². The highest BCUT2D eigenvalue weighted by Crippen LogP contribution is 2.44. The molecule has 0 aromatic carbocycles. The molecule has 1 unspecified atom stereocenters. The molecule has 0 aliphatic carbocycles. The summed E-state index contributed by atoms with van der Waals surface area (Å²) in [6.45, 7) is 6.04. The Morgan fingerprint density at radius 2 is 1.82 bits per heavy atom. The average Bonchev–Trinajstić information content (AvgIpc) is 2.95. The minimum atomic E-state index is -4.25. The average molecular weight is 319 g/mol. The van der Waals surface area contributed by atoms with Crippen molar-refractivity contribution in [3.05, 3.63) is 11.6 Å². The van der Waals surface area contributed by atoms with E-state index in [-0.39, 0.29) is 6.42 Å². The van der Waals surface area contributed by atoms with Crippen LogP contribution in [0.3, 0.4) is 0 Å². The van der Waals surface area contributed by atoms with E-state index >= 15 is 0 Å². The largest absolute Gasteiger partial charge is 0.476 e. The van der Waals surface area contributed by atoms with E-state index in [0.717, 1.165) is 32.1 Å². The van der Waals surface area contributed by atoms with Crippen LogP contribution in [0.15, 0.2) is 16.6 Å². The second-order valence-corrected chi connectivity index (χ2v) is 6.30. The number of hydrogen-bond acceptors (Lipinski definition) is 2. The lowest BCUT2D eigenvalue weighted by Crippen LogP contribution is -2.34. The van der Waals surface area contributed by atoms with E-state index in [1.54, 1.807) is 6.92 Å². The minimum absolute atomic E-state index is 0.118. The van der Waals surface area contributed by atoms with Crippen LogP contribution in [0.25, 0.3) is 0 Å². The Bertz CT molecular complexity index is 401. The first-order valence-electron chi connectivity index (χ1n) is 8.24. The molecule has 0 saturated carbocycles. The van der Waals surface area contributed by atoms with Gasteiger partial charge in [0.1, 0.15) is 6.61 Å². The first kappa shape index (κ1) is 19.0. The monoisotopic (exact) mass is 319 g/mol. The van der Waals surface area contributed by atoms with Crippen molar-refractivity contribution in [3.8, 4) is 0 Å². The Morgan fingerprint density at radius 1 is 1.18 bits per heavy atom. The van der Waals surface area contributed by atoms with E-state index in [1.165, 1.54) is 13.0 Å². The van der Waals surface area contributed by atoms with E-state index < -0.39 is 11.6 Å². The molecule has 0 fully saturated rings. The number of halogens is 3. The summed E-state index contributed by atoms with van der Waals surface area (Å²) in [6.07, 6.45) is 3.04. The van der Waals surface area contributed by atoms with Crippen molar-refractivity contribution in [2.75, 3.05) is 13.2 Å². The zero-order valence-corrected chi connectivity index (χ0v) is 13.9. The zero-order valence-electron chi connectivity index (χ0n) is 13.9. The number of unbranched alkanes of at least 4 members (excludes halogenated alkanes) is 5. The minimum Gasteiger partial charge on any atom is -0.476 e. The Labute approximate surface area is 131 Å². The summed E-state index contributed by atoms with van der Waals surface area (Å²) in [5.74, 6) is 0.360. The number of rotatable bonds is 9. The number of hydrogen-bond donors (Lipinski definition) is 0. The predicted molar refractivity (Wildman–Crippen MR) is 84.2 cm³/mol. The molecule has 22 heavy (non-hydrogen) atoms. The van der Waals surface area contributed by atoms with Crippen molar-refractivity contribution < 1.29 is 17.9 Å². The van der Waals surface area contributed by atoms with Crippen LogP contribution in [0.2, 0.25) is 0 Å². The van der Waals surface area contributed by atoms with E-state index in [2.05, 4.69) is 11.9 Å². The lowest BCUT2D eigenvalue weighted by atomic mass is 9.82. The normalized spacial score (nSPS) is 18.8. The van der Waals surface area contributed by atoms with E-state index in [0.29, 0.717) is 31.0 Å². The molecule has 1 atom stereocenters. The highest BCUT2D eigenvalue weighted by Gasteiger charge is 2.49. The van der Waals surface area contributed by atoms with Gasteiger partial charge < -0.3 is 4.74 Å². The lowest BCUT2D eigenvalue weighted by molar-refractivity contribution is -0.202. The molecule has 1 aliphatic rings. The molecule has 0 bridgehead atoms. The summed E-state index contributed by atoms with van der Waals surface area (Å²) in [7, 11) is 0. The van der Waals surface area contributed by atoms with Crippen LogP contribution >= 0.6 is 0 Å². The van der Waals surface area contributed by atoms with Gasteiger partial charge in [0.2, 0.25) is 5.90 Å². The standard InChI is InChI=1S/C17H28F3NO/c1-4-5-6-7-8-9-10-16(3,17(18,19)20)13-14(2)15-21-11-12-22-15/h13H,4-12H2,1-3H3. The maximum absolute atomic E-state index is 13.5. The summed E-state index contributed by atoms with van der Waals surface area (Å²) in [5.41, 5.74) is -1.32. The first-order valence-corrected chi connectivity index (χ1v) is 8.24. The summed E-state index contributed by atoms with van der Waals surface area (Å²) < 4.78 is 45.6. The summed E-state index contributed by atoms with van der Waals surface area (Å²) in [6, 6.07) is 0. The predicted octanol–water partition coefficient (Wildman–Crippen LogP) is 5.68. The van der Waals surface area contributed by atoms with Crippen LogP contribution in [0, 0.1) is 5.41 Å². The zero-order chi connectivity index (χ0) is 16.6. The molecule has 1 aliphatic heterocycles. The fraction of sp³-hybridized carbons (Fsp3) is 0.824. The van der Waals surface area contributed by atoms with Gasteiger partial charge in [-0.25, -0.2) is 4.99 Å². The number of allylic oxidation sites excluding steroid dienone is 1. The molecule has 0 radical (unpaired) electrons. The van der Waals surface area contributed by atoms with Gasteiger partial charge in [0.25, 0.3) is 0 Å². The highest BCUT2D eigenvalue weighted by molar-refractivity contribution is 5.93. The van der Waals surface area contributed by atoms with Gasteiger partial charge in [0.15, 0.2) is 0 Å². The molecule has 0 spiro atoms. The van der Waals surface area contributed by atoms with Gasteiger partial charge in [-0.1, -0.05) is 51.5 Å². The second kappa shape index (κ2) is 8.59. The van der Waals surface area contributed by atoms with Gasteiger partial charge >= 0.3 is 6.18 Å². The molecule has 0 saturated heterocycles. The van der Waals surface area contributed by atoms with Crippen molar-refractivity contribution in [2.45, 2.75) is 71.9 Å². The number of nitrogens with zero attached hydrogens (tertiary/aromatic N) is 1. The summed E-state index contributed by atoms with van der Waals surface area (Å²) in [5, 5.41) is 0. The van der Waals surface area contributed by atoms with Gasteiger partial charge in [-0.3, -0.25) is 0 Å². The van der Waals surface area contributed by atoms with Gasteiger partial charge in [0, 0.05) is 5.57 Å². The number of ether oxygens (including phenoxy) is 1. The molecule has 1 rings (SSSR count). The molecule has 2 nitrogen and oxygen atoms in total. The maximum atomic E-state index is 13.5. The topological polar surface area (TPSA) is 21.6 Å². The molecular formula is C17H28F3NO. The van der Waals surface area contributed by atoms with Crippen molar-refractivity contribution in [1.29, 1.82) is 0 Å². The summed E-state index contributed by atoms with van der Waals surface area (Å²) >= 11 is 0. The van der Waals surface area contributed by atoms with Crippen LogP contribution in [-0.2, 0) is 4.74 Å². The maximum Gasteiger partial charge on any atom is 0.397 e. The van der Waals surface area contributed by atoms with E-state index in [4.69, 9.17) is 4.74 Å². The second-order valence-electron chi connectivity index (χ2n) is 6.30. The fourth-order valence-corrected chi connectivity index (χ4v) is 2.68. The first-order chi connectivity index (χ1) is 10.3. The Balaban J connectivity index is 2.64. The number of alkyl halides is 3. The third kappa shape index (κ3) is 5.65. The van der Waals surface area contributed by atoms with Crippen LogP contribution in [0.1, 0.15) is 65.7 Å². The van der Waals surface area contributed by atoms with Crippen molar-refractivity contribution >= 4 is 5.90 Å².